The van der Waals surface area contributed by atoms with Gasteiger partial charge in [-0.05, 0) is 6.92 Å². The van der Waals surface area contributed by atoms with Crippen molar-refractivity contribution in [2.45, 2.75) is 6.92 Å². The van der Waals surface area contributed by atoms with Gasteiger partial charge in [-0.25, -0.2) is 14.6 Å². The molecule has 0 fully saturated rings. The summed E-state index contributed by atoms with van der Waals surface area (Å²) in [5.41, 5.74) is 0.0456. The second-order valence-electron chi connectivity index (χ2n) is 2.06. The van der Waals surface area contributed by atoms with Gasteiger partial charge in [-0.15, -0.1) is 11.3 Å². The van der Waals surface area contributed by atoms with Gasteiger partial charge in [0.25, 0.3) is 0 Å². The van der Waals surface area contributed by atoms with Crippen LogP contribution in [0.25, 0.3) is 0 Å². The summed E-state index contributed by atoms with van der Waals surface area (Å²) in [7, 11) is 0. The second-order valence-corrected chi connectivity index (χ2v) is 2.92. The zero-order valence-corrected chi connectivity index (χ0v) is 7.63. The van der Waals surface area contributed by atoms with E-state index in [0.29, 0.717) is 0 Å². The highest BCUT2D eigenvalue weighted by Gasteiger charge is 2.14. The SMILES string of the molecule is CCOC(=O)c1csc(C(=O)O)n1. The standard InChI is InChI=1S/C7H7NO4S/c1-2-12-7(11)4-3-13-5(8-4)6(9)10/h3H,2H2,1H3,(H,9,10). The molecule has 13 heavy (non-hydrogen) atoms. The first-order valence-electron chi connectivity index (χ1n) is 3.51. The number of esters is 1. The molecule has 0 saturated carbocycles. The third kappa shape index (κ3) is 2.25. The van der Waals surface area contributed by atoms with Crippen molar-refractivity contribution in [3.63, 3.8) is 0 Å². The summed E-state index contributed by atoms with van der Waals surface area (Å²) in [6.07, 6.45) is 0. The number of carbonyl (C=O) groups excluding carboxylic acids is 1. The first kappa shape index (κ1) is 9.66. The van der Waals surface area contributed by atoms with Gasteiger partial charge in [0.1, 0.15) is 0 Å². The highest BCUT2D eigenvalue weighted by atomic mass is 32.1. The molecular weight excluding hydrogens is 194 g/mol. The number of aromatic nitrogens is 1. The molecule has 0 spiro atoms. The zero-order chi connectivity index (χ0) is 9.84. The third-order valence-electron chi connectivity index (χ3n) is 1.17. The average molecular weight is 201 g/mol. The lowest BCUT2D eigenvalue weighted by Crippen LogP contribution is -2.06. The zero-order valence-electron chi connectivity index (χ0n) is 6.81. The lowest BCUT2D eigenvalue weighted by atomic mass is 10.5. The van der Waals surface area contributed by atoms with Crippen LogP contribution in [0.4, 0.5) is 0 Å². The summed E-state index contributed by atoms with van der Waals surface area (Å²) in [6.45, 7) is 1.92. The maximum absolute atomic E-state index is 11.0. The van der Waals surface area contributed by atoms with Crippen molar-refractivity contribution in [1.29, 1.82) is 0 Å². The lowest BCUT2D eigenvalue weighted by molar-refractivity contribution is 0.0520. The Bertz CT molecular complexity index is 333. The summed E-state index contributed by atoms with van der Waals surface area (Å²) in [5, 5.41) is 9.76. The summed E-state index contributed by atoms with van der Waals surface area (Å²) in [5.74, 6) is -1.73. The van der Waals surface area contributed by atoms with Gasteiger partial charge in [-0.3, -0.25) is 0 Å². The number of rotatable bonds is 3. The normalized spacial score (nSPS) is 9.62. The first-order valence-corrected chi connectivity index (χ1v) is 4.39. The van der Waals surface area contributed by atoms with Gasteiger partial charge in [0.05, 0.1) is 6.61 Å². The Morgan fingerprint density at radius 2 is 2.38 bits per heavy atom. The first-order chi connectivity index (χ1) is 6.15. The van der Waals surface area contributed by atoms with E-state index in [9.17, 15) is 9.59 Å². The molecule has 0 radical (unpaired) electrons. The molecule has 70 valence electrons. The number of carboxylic acids is 1. The van der Waals surface area contributed by atoms with E-state index in [1.165, 1.54) is 5.38 Å². The maximum atomic E-state index is 11.0. The smallest absolute Gasteiger partial charge is 0.365 e. The van der Waals surface area contributed by atoms with Crippen LogP contribution in [0.1, 0.15) is 27.2 Å². The van der Waals surface area contributed by atoms with Crippen molar-refractivity contribution >= 4 is 23.3 Å². The molecule has 0 aliphatic carbocycles. The lowest BCUT2D eigenvalue weighted by Gasteiger charge is -1.95. The number of carboxylic acid groups (broad SMARTS) is 1. The Morgan fingerprint density at radius 1 is 1.69 bits per heavy atom. The monoisotopic (exact) mass is 201 g/mol. The Morgan fingerprint density at radius 3 is 2.85 bits per heavy atom. The number of thiazole rings is 1. The predicted octanol–water partition coefficient (Wildman–Crippen LogP) is 1.02. The average Bonchev–Trinajstić information content (AvgIpc) is 2.52. The van der Waals surface area contributed by atoms with E-state index in [1.54, 1.807) is 6.92 Å². The molecule has 0 bridgehead atoms. The van der Waals surface area contributed by atoms with Gasteiger partial charge >= 0.3 is 11.9 Å². The Hall–Kier alpha value is -1.43. The van der Waals surface area contributed by atoms with Crippen molar-refractivity contribution in [3.8, 4) is 0 Å². The molecule has 0 saturated heterocycles. The van der Waals surface area contributed by atoms with Gasteiger partial charge in [-0.2, -0.15) is 0 Å². The molecule has 1 aromatic heterocycles. The van der Waals surface area contributed by atoms with Crippen LogP contribution >= 0.6 is 11.3 Å². The van der Waals surface area contributed by atoms with Gasteiger partial charge in [-0.1, -0.05) is 0 Å². The summed E-state index contributed by atoms with van der Waals surface area (Å²) >= 11 is 0.900. The largest absolute Gasteiger partial charge is 0.476 e. The van der Waals surface area contributed by atoms with Gasteiger partial charge in [0, 0.05) is 5.38 Å². The molecule has 1 rings (SSSR count). The molecule has 5 nitrogen and oxygen atoms in total. The van der Waals surface area contributed by atoms with Gasteiger partial charge < -0.3 is 9.84 Å². The van der Waals surface area contributed by atoms with E-state index < -0.39 is 11.9 Å². The van der Waals surface area contributed by atoms with Crippen molar-refractivity contribution < 1.29 is 19.4 Å². The molecule has 1 aromatic rings. The van der Waals surface area contributed by atoms with E-state index in [4.69, 9.17) is 5.11 Å². The van der Waals surface area contributed by atoms with E-state index in [1.807, 2.05) is 0 Å². The molecule has 0 unspecified atom stereocenters. The predicted molar refractivity (Wildman–Crippen MR) is 45.0 cm³/mol. The Labute approximate surface area is 78.0 Å². The molecule has 6 heteroatoms. The van der Waals surface area contributed by atoms with E-state index >= 15 is 0 Å². The molecule has 1 N–H and O–H groups in total. The minimum absolute atomic E-state index is 0.0456. The molecule has 1 heterocycles. The number of nitrogens with zero attached hydrogens (tertiary/aromatic N) is 1. The molecular formula is C7H7NO4S. The van der Waals surface area contributed by atoms with Crippen molar-refractivity contribution in [2.75, 3.05) is 6.61 Å². The minimum Gasteiger partial charge on any atom is -0.476 e. The number of hydrogen-bond donors (Lipinski definition) is 1. The van der Waals surface area contributed by atoms with Crippen LogP contribution in [0.15, 0.2) is 5.38 Å². The van der Waals surface area contributed by atoms with Gasteiger partial charge in [0.2, 0.25) is 5.01 Å². The van der Waals surface area contributed by atoms with E-state index in [-0.39, 0.29) is 17.3 Å². The van der Waals surface area contributed by atoms with Gasteiger partial charge in [0.15, 0.2) is 5.69 Å². The second kappa shape index (κ2) is 3.99. The fourth-order valence-electron chi connectivity index (χ4n) is 0.671. The molecule has 0 aliphatic rings. The van der Waals surface area contributed by atoms with Crippen molar-refractivity contribution in [3.05, 3.63) is 16.1 Å². The third-order valence-corrected chi connectivity index (χ3v) is 2.00. The number of aromatic carboxylic acids is 1. The highest BCUT2D eigenvalue weighted by molar-refractivity contribution is 7.11. The topological polar surface area (TPSA) is 76.5 Å². The fourth-order valence-corrected chi connectivity index (χ4v) is 1.29. The van der Waals surface area contributed by atoms with Crippen LogP contribution in [-0.4, -0.2) is 28.6 Å². The molecule has 0 aliphatic heterocycles. The fraction of sp³-hybridized carbons (Fsp3) is 0.286. The number of hydrogen-bond acceptors (Lipinski definition) is 5. The molecule has 0 atom stereocenters. The summed E-state index contributed by atoms with van der Waals surface area (Å²) in [6, 6.07) is 0. The molecule has 0 aromatic carbocycles. The van der Waals surface area contributed by atoms with Crippen molar-refractivity contribution in [1.82, 2.24) is 4.98 Å². The van der Waals surface area contributed by atoms with E-state index in [0.717, 1.165) is 11.3 Å². The number of carbonyl (C=O) groups is 2. The van der Waals surface area contributed by atoms with E-state index in [2.05, 4.69) is 9.72 Å². The van der Waals surface area contributed by atoms with Crippen LogP contribution in [0.2, 0.25) is 0 Å². The van der Waals surface area contributed by atoms with Crippen LogP contribution in [0, 0.1) is 0 Å². The quantitative estimate of drug-likeness (QED) is 0.739. The maximum Gasteiger partial charge on any atom is 0.365 e. The highest BCUT2D eigenvalue weighted by Crippen LogP contribution is 2.10. The van der Waals surface area contributed by atoms with Crippen molar-refractivity contribution in [2.24, 2.45) is 0 Å². The van der Waals surface area contributed by atoms with Crippen LogP contribution in [0.3, 0.4) is 0 Å². The summed E-state index contributed by atoms with van der Waals surface area (Å²) < 4.78 is 4.63. The van der Waals surface area contributed by atoms with Crippen LogP contribution < -0.4 is 0 Å². The number of ether oxygens (including phenoxy) is 1. The minimum atomic E-state index is -1.14. The summed E-state index contributed by atoms with van der Waals surface area (Å²) in [4.78, 5) is 25.0. The molecule has 0 amide bonds. The van der Waals surface area contributed by atoms with Crippen LogP contribution in [-0.2, 0) is 4.74 Å². The Balaban J connectivity index is 2.79. The Kier molecular flexibility index (Phi) is 2.97. The van der Waals surface area contributed by atoms with Crippen LogP contribution in [0.5, 0.6) is 0 Å².